The highest BCUT2D eigenvalue weighted by Gasteiger charge is 2.20. The SMILES string of the molecule is Cc1c(O)cc(C(=O)O)c(C)c1C(=O)O. The molecule has 0 fully saturated rings. The molecule has 0 bridgehead atoms. The van der Waals surface area contributed by atoms with Crippen molar-refractivity contribution in [1.82, 2.24) is 0 Å². The molecule has 0 saturated heterocycles. The molecular weight excluding hydrogens is 200 g/mol. The third-order valence-corrected chi connectivity index (χ3v) is 2.26. The molecule has 0 saturated carbocycles. The Morgan fingerprint density at radius 1 is 1.07 bits per heavy atom. The molecule has 1 aromatic rings. The standard InChI is InChI=1S/C10H10O5/c1-4-6(9(12)13)3-7(11)5(2)8(4)10(14)15/h3,11H,1-2H3,(H,12,13)(H,14,15). The van der Waals surface area contributed by atoms with E-state index >= 15 is 0 Å². The van der Waals surface area contributed by atoms with Gasteiger partial charge in [-0.25, -0.2) is 9.59 Å². The van der Waals surface area contributed by atoms with Crippen LogP contribution in [0.1, 0.15) is 31.8 Å². The van der Waals surface area contributed by atoms with Crippen LogP contribution in [0.3, 0.4) is 0 Å². The van der Waals surface area contributed by atoms with Gasteiger partial charge in [0.2, 0.25) is 0 Å². The van der Waals surface area contributed by atoms with Gasteiger partial charge in [-0.2, -0.15) is 0 Å². The summed E-state index contributed by atoms with van der Waals surface area (Å²) in [6.07, 6.45) is 0. The number of aromatic hydroxyl groups is 1. The minimum Gasteiger partial charge on any atom is -0.508 e. The van der Waals surface area contributed by atoms with Crippen molar-refractivity contribution < 1.29 is 24.9 Å². The van der Waals surface area contributed by atoms with Crippen LogP contribution in [0.15, 0.2) is 6.07 Å². The Labute approximate surface area is 85.6 Å². The molecule has 0 heterocycles. The Kier molecular flexibility index (Phi) is 2.65. The predicted molar refractivity (Wildman–Crippen MR) is 51.5 cm³/mol. The van der Waals surface area contributed by atoms with Crippen molar-refractivity contribution in [1.29, 1.82) is 0 Å². The Morgan fingerprint density at radius 3 is 2.00 bits per heavy atom. The summed E-state index contributed by atoms with van der Waals surface area (Å²) in [6, 6.07) is 1.06. The zero-order chi connectivity index (χ0) is 11.7. The van der Waals surface area contributed by atoms with E-state index in [1.807, 2.05) is 0 Å². The summed E-state index contributed by atoms with van der Waals surface area (Å²) < 4.78 is 0. The number of carboxylic acids is 2. The van der Waals surface area contributed by atoms with Crippen LogP contribution in [0.4, 0.5) is 0 Å². The molecule has 1 aromatic carbocycles. The highest BCUT2D eigenvalue weighted by Crippen LogP contribution is 2.27. The maximum Gasteiger partial charge on any atom is 0.336 e. The maximum atomic E-state index is 10.9. The number of hydrogen-bond donors (Lipinski definition) is 3. The van der Waals surface area contributed by atoms with Crippen LogP contribution in [0.5, 0.6) is 5.75 Å². The summed E-state index contributed by atoms with van der Waals surface area (Å²) in [5.41, 5.74) is -0.0433. The molecule has 1 rings (SSSR count). The Balaban J connectivity index is 3.63. The summed E-state index contributed by atoms with van der Waals surface area (Å²) >= 11 is 0. The predicted octanol–water partition coefficient (Wildman–Crippen LogP) is 1.41. The van der Waals surface area contributed by atoms with Gasteiger partial charge in [-0.3, -0.25) is 0 Å². The van der Waals surface area contributed by atoms with Gasteiger partial charge in [-0.05, 0) is 25.5 Å². The molecule has 0 radical (unpaired) electrons. The quantitative estimate of drug-likeness (QED) is 0.685. The molecule has 15 heavy (non-hydrogen) atoms. The van der Waals surface area contributed by atoms with Crippen LogP contribution in [0.25, 0.3) is 0 Å². The van der Waals surface area contributed by atoms with E-state index in [1.165, 1.54) is 13.8 Å². The minimum atomic E-state index is -1.26. The first-order valence-electron chi connectivity index (χ1n) is 4.16. The minimum absolute atomic E-state index is 0.144. The van der Waals surface area contributed by atoms with Gasteiger partial charge in [0.05, 0.1) is 11.1 Å². The van der Waals surface area contributed by atoms with E-state index in [2.05, 4.69) is 0 Å². The molecule has 5 nitrogen and oxygen atoms in total. The number of hydrogen-bond acceptors (Lipinski definition) is 3. The van der Waals surface area contributed by atoms with Crippen molar-refractivity contribution in [3.8, 4) is 5.75 Å². The number of phenolic OH excluding ortho intramolecular Hbond substituents is 1. The lowest BCUT2D eigenvalue weighted by Gasteiger charge is -2.10. The highest BCUT2D eigenvalue weighted by molar-refractivity contribution is 5.98. The van der Waals surface area contributed by atoms with E-state index in [1.54, 1.807) is 0 Å². The number of phenols is 1. The Hall–Kier alpha value is -2.04. The first-order chi connectivity index (χ1) is 6.86. The molecule has 0 atom stereocenters. The van der Waals surface area contributed by atoms with E-state index < -0.39 is 11.9 Å². The summed E-state index contributed by atoms with van der Waals surface area (Å²) in [5.74, 6) is -2.83. The number of carbonyl (C=O) groups is 2. The topological polar surface area (TPSA) is 94.8 Å². The fraction of sp³-hybridized carbons (Fsp3) is 0.200. The lowest BCUT2D eigenvalue weighted by Crippen LogP contribution is -2.09. The van der Waals surface area contributed by atoms with Gasteiger partial charge in [0.25, 0.3) is 0 Å². The van der Waals surface area contributed by atoms with Gasteiger partial charge in [-0.1, -0.05) is 0 Å². The fourth-order valence-corrected chi connectivity index (χ4v) is 1.44. The zero-order valence-electron chi connectivity index (χ0n) is 8.24. The monoisotopic (exact) mass is 210 g/mol. The average molecular weight is 210 g/mol. The molecule has 0 unspecified atom stereocenters. The lowest BCUT2D eigenvalue weighted by atomic mass is 9.97. The van der Waals surface area contributed by atoms with Gasteiger partial charge < -0.3 is 15.3 Å². The molecule has 5 heteroatoms. The summed E-state index contributed by atoms with van der Waals surface area (Å²) in [7, 11) is 0. The molecular formula is C10H10O5. The van der Waals surface area contributed by atoms with E-state index in [9.17, 15) is 14.7 Å². The number of benzene rings is 1. The summed E-state index contributed by atoms with van der Waals surface area (Å²) in [6.45, 7) is 2.83. The number of rotatable bonds is 2. The molecule has 0 spiro atoms. The maximum absolute atomic E-state index is 10.9. The second-order valence-electron chi connectivity index (χ2n) is 3.18. The van der Waals surface area contributed by atoms with Crippen LogP contribution in [-0.4, -0.2) is 27.3 Å². The van der Waals surface area contributed by atoms with Crippen LogP contribution in [0, 0.1) is 13.8 Å². The third kappa shape index (κ3) is 1.76. The van der Waals surface area contributed by atoms with Crippen LogP contribution < -0.4 is 0 Å². The van der Waals surface area contributed by atoms with Gasteiger partial charge in [0.15, 0.2) is 0 Å². The Morgan fingerprint density at radius 2 is 1.60 bits per heavy atom. The first-order valence-corrected chi connectivity index (χ1v) is 4.16. The second kappa shape index (κ2) is 3.61. The Bertz CT molecular complexity index is 448. The van der Waals surface area contributed by atoms with Gasteiger partial charge in [0, 0.05) is 5.56 Å². The largest absolute Gasteiger partial charge is 0.508 e. The van der Waals surface area contributed by atoms with Crippen molar-refractivity contribution in [2.45, 2.75) is 13.8 Å². The van der Waals surface area contributed by atoms with Crippen LogP contribution >= 0.6 is 0 Å². The molecule has 0 aliphatic rings. The van der Waals surface area contributed by atoms with Crippen molar-refractivity contribution in [3.63, 3.8) is 0 Å². The normalized spacial score (nSPS) is 10.0. The van der Waals surface area contributed by atoms with E-state index in [0.29, 0.717) is 0 Å². The van der Waals surface area contributed by atoms with E-state index in [-0.39, 0.29) is 28.0 Å². The third-order valence-electron chi connectivity index (χ3n) is 2.26. The van der Waals surface area contributed by atoms with E-state index in [4.69, 9.17) is 10.2 Å². The van der Waals surface area contributed by atoms with Gasteiger partial charge in [0.1, 0.15) is 5.75 Å². The van der Waals surface area contributed by atoms with Gasteiger partial charge >= 0.3 is 11.9 Å². The van der Waals surface area contributed by atoms with Crippen LogP contribution in [0.2, 0.25) is 0 Å². The molecule has 80 valence electrons. The smallest absolute Gasteiger partial charge is 0.336 e. The van der Waals surface area contributed by atoms with Crippen LogP contribution in [-0.2, 0) is 0 Å². The molecule has 0 amide bonds. The molecule has 0 aromatic heterocycles. The second-order valence-corrected chi connectivity index (χ2v) is 3.18. The van der Waals surface area contributed by atoms with E-state index in [0.717, 1.165) is 6.07 Å². The van der Waals surface area contributed by atoms with Crippen molar-refractivity contribution in [2.75, 3.05) is 0 Å². The van der Waals surface area contributed by atoms with Gasteiger partial charge in [-0.15, -0.1) is 0 Å². The molecule has 0 aliphatic carbocycles. The highest BCUT2D eigenvalue weighted by atomic mass is 16.4. The zero-order valence-corrected chi connectivity index (χ0v) is 8.24. The average Bonchev–Trinajstić information content (AvgIpc) is 2.10. The van der Waals surface area contributed by atoms with Crippen molar-refractivity contribution in [3.05, 3.63) is 28.3 Å². The molecule has 0 aliphatic heterocycles. The summed E-state index contributed by atoms with van der Waals surface area (Å²) in [5, 5.41) is 27.0. The first kappa shape index (κ1) is 11.0. The number of carboxylic acid groups (broad SMARTS) is 2. The lowest BCUT2D eigenvalue weighted by molar-refractivity contribution is 0.0694. The fourth-order valence-electron chi connectivity index (χ4n) is 1.44. The van der Waals surface area contributed by atoms with Crippen molar-refractivity contribution >= 4 is 11.9 Å². The number of aromatic carboxylic acids is 2. The molecule has 3 N–H and O–H groups in total. The summed E-state index contributed by atoms with van der Waals surface area (Å²) in [4.78, 5) is 21.6. The van der Waals surface area contributed by atoms with Crippen molar-refractivity contribution in [2.24, 2.45) is 0 Å².